The third kappa shape index (κ3) is 1.37. The smallest absolute Gasteiger partial charge is 0.111 e. The molecule has 0 unspecified atom stereocenters. The second-order valence-electron chi connectivity index (χ2n) is 3.30. The van der Waals surface area contributed by atoms with E-state index in [2.05, 4.69) is 38.5 Å². The molecule has 0 aliphatic rings. The van der Waals surface area contributed by atoms with Gasteiger partial charge in [-0.2, -0.15) is 5.10 Å². The number of hydrogen-bond donors (Lipinski definition) is 1. The van der Waals surface area contributed by atoms with Crippen LogP contribution in [0.2, 0.25) is 0 Å². The van der Waals surface area contributed by atoms with Crippen LogP contribution in [-0.2, 0) is 6.54 Å². The van der Waals surface area contributed by atoms with Crippen molar-refractivity contribution >= 4 is 0 Å². The zero-order valence-electron chi connectivity index (χ0n) is 8.39. The Kier molecular flexibility index (Phi) is 2.52. The van der Waals surface area contributed by atoms with E-state index in [9.17, 15) is 0 Å². The van der Waals surface area contributed by atoms with Crippen LogP contribution in [0.3, 0.4) is 0 Å². The second-order valence-corrected chi connectivity index (χ2v) is 3.30. The summed E-state index contributed by atoms with van der Waals surface area (Å²) in [6, 6.07) is 0.338. The minimum absolute atomic E-state index is 0.338. The Bertz CT molecular complexity index is 274. The molecule has 0 fully saturated rings. The molecule has 0 aliphatic heterocycles. The first kappa shape index (κ1) is 9.26. The molecule has 3 nitrogen and oxygen atoms in total. The first-order valence-electron chi connectivity index (χ1n) is 4.44. The van der Waals surface area contributed by atoms with Gasteiger partial charge in [-0.05, 0) is 27.7 Å². The lowest BCUT2D eigenvalue weighted by Crippen LogP contribution is -2.52. The van der Waals surface area contributed by atoms with Crippen LogP contribution in [0.25, 0.3) is 0 Å². The van der Waals surface area contributed by atoms with Crippen molar-refractivity contribution in [3.8, 4) is 0 Å². The van der Waals surface area contributed by atoms with Crippen LogP contribution in [-0.4, -0.2) is 9.78 Å². The molecular formula is C9H18N3+. The number of aryl methyl sites for hydroxylation is 2. The van der Waals surface area contributed by atoms with Crippen molar-refractivity contribution in [3.63, 3.8) is 0 Å². The van der Waals surface area contributed by atoms with Gasteiger partial charge >= 0.3 is 0 Å². The van der Waals surface area contributed by atoms with Crippen molar-refractivity contribution in [2.45, 2.75) is 40.3 Å². The molecule has 3 N–H and O–H groups in total. The van der Waals surface area contributed by atoms with E-state index in [4.69, 9.17) is 0 Å². The highest BCUT2D eigenvalue weighted by Gasteiger charge is 2.15. The van der Waals surface area contributed by atoms with Gasteiger partial charge in [-0.3, -0.25) is 4.68 Å². The molecule has 1 rings (SSSR count). The molecule has 0 aromatic carbocycles. The number of rotatable bonds is 2. The fourth-order valence-electron chi connectivity index (χ4n) is 1.73. The highest BCUT2D eigenvalue weighted by Crippen LogP contribution is 2.17. The molecule has 0 bridgehead atoms. The lowest BCUT2D eigenvalue weighted by atomic mass is 10.1. The Morgan fingerprint density at radius 2 is 2.08 bits per heavy atom. The topological polar surface area (TPSA) is 45.5 Å². The molecule has 12 heavy (non-hydrogen) atoms. The van der Waals surface area contributed by atoms with Crippen LogP contribution in [0, 0.1) is 13.8 Å². The first-order valence-corrected chi connectivity index (χ1v) is 4.44. The number of aromatic nitrogens is 2. The number of hydrogen-bond acceptors (Lipinski definition) is 1. The van der Waals surface area contributed by atoms with Gasteiger partial charge in [-0.25, -0.2) is 0 Å². The molecule has 0 radical (unpaired) electrons. The third-order valence-electron chi connectivity index (χ3n) is 2.23. The van der Waals surface area contributed by atoms with E-state index in [1.165, 1.54) is 11.3 Å². The van der Waals surface area contributed by atoms with Gasteiger partial charge in [-0.1, -0.05) is 0 Å². The van der Waals surface area contributed by atoms with Gasteiger partial charge < -0.3 is 5.73 Å². The summed E-state index contributed by atoms with van der Waals surface area (Å²) >= 11 is 0. The Morgan fingerprint density at radius 1 is 1.50 bits per heavy atom. The molecule has 1 heterocycles. The fraction of sp³-hybridized carbons (Fsp3) is 0.667. The standard InChI is InChI=1S/C9H17N3/c1-5-12-8(4)9(6(2)10)7(3)11-12/h6H,5,10H2,1-4H3/p+1/t6-/m1/s1. The molecule has 0 spiro atoms. The average molecular weight is 168 g/mol. The predicted molar refractivity (Wildman–Crippen MR) is 48.7 cm³/mol. The van der Waals surface area contributed by atoms with Gasteiger partial charge in [0.25, 0.3) is 0 Å². The van der Waals surface area contributed by atoms with Crippen molar-refractivity contribution in [1.82, 2.24) is 9.78 Å². The molecule has 0 saturated heterocycles. The van der Waals surface area contributed by atoms with E-state index in [0.717, 1.165) is 12.2 Å². The summed E-state index contributed by atoms with van der Waals surface area (Å²) in [5, 5.41) is 4.43. The molecule has 0 amide bonds. The minimum atomic E-state index is 0.338. The van der Waals surface area contributed by atoms with Crippen molar-refractivity contribution in [1.29, 1.82) is 0 Å². The third-order valence-corrected chi connectivity index (χ3v) is 2.23. The lowest BCUT2D eigenvalue weighted by molar-refractivity contribution is -0.420. The molecule has 0 saturated carbocycles. The summed E-state index contributed by atoms with van der Waals surface area (Å²) in [7, 11) is 0. The highest BCUT2D eigenvalue weighted by molar-refractivity contribution is 5.25. The maximum atomic E-state index is 4.43. The monoisotopic (exact) mass is 168 g/mol. The van der Waals surface area contributed by atoms with Gasteiger partial charge in [0.15, 0.2) is 0 Å². The molecule has 68 valence electrons. The van der Waals surface area contributed by atoms with Crippen LogP contribution in [0.1, 0.15) is 36.8 Å². The zero-order valence-corrected chi connectivity index (χ0v) is 8.39. The molecule has 0 aliphatic carbocycles. The molecule has 1 atom stereocenters. The van der Waals surface area contributed by atoms with Gasteiger partial charge in [0.2, 0.25) is 0 Å². The summed E-state index contributed by atoms with van der Waals surface area (Å²) in [5.74, 6) is 0. The summed E-state index contributed by atoms with van der Waals surface area (Å²) in [4.78, 5) is 0. The van der Waals surface area contributed by atoms with E-state index >= 15 is 0 Å². The van der Waals surface area contributed by atoms with E-state index in [1.807, 2.05) is 4.68 Å². The van der Waals surface area contributed by atoms with Crippen LogP contribution < -0.4 is 5.73 Å². The van der Waals surface area contributed by atoms with Crippen LogP contribution in [0.15, 0.2) is 0 Å². The van der Waals surface area contributed by atoms with E-state index in [1.54, 1.807) is 0 Å². The summed E-state index contributed by atoms with van der Waals surface area (Å²) < 4.78 is 2.03. The SMILES string of the molecule is CCn1nc(C)c([C@@H](C)[NH3+])c1C. The average Bonchev–Trinajstić information content (AvgIpc) is 2.25. The molecule has 1 aromatic rings. The van der Waals surface area contributed by atoms with Crippen molar-refractivity contribution in [3.05, 3.63) is 17.0 Å². The van der Waals surface area contributed by atoms with Crippen molar-refractivity contribution in [2.24, 2.45) is 0 Å². The summed E-state index contributed by atoms with van der Waals surface area (Å²) in [6.45, 7) is 9.32. The maximum Gasteiger partial charge on any atom is 0.111 e. The van der Waals surface area contributed by atoms with Crippen molar-refractivity contribution < 1.29 is 5.73 Å². The Balaban J connectivity index is 3.19. The second kappa shape index (κ2) is 3.27. The highest BCUT2D eigenvalue weighted by atomic mass is 15.3. The van der Waals surface area contributed by atoms with E-state index < -0.39 is 0 Å². The van der Waals surface area contributed by atoms with Gasteiger partial charge in [0, 0.05) is 12.2 Å². The Labute approximate surface area is 73.6 Å². The molecule has 1 aromatic heterocycles. The van der Waals surface area contributed by atoms with Gasteiger partial charge in [0.05, 0.1) is 11.3 Å². The van der Waals surface area contributed by atoms with E-state index in [0.29, 0.717) is 6.04 Å². The van der Waals surface area contributed by atoms with Crippen molar-refractivity contribution in [2.75, 3.05) is 0 Å². The number of nitrogens with zero attached hydrogens (tertiary/aromatic N) is 2. The first-order chi connectivity index (χ1) is 5.57. The minimum Gasteiger partial charge on any atom is -0.351 e. The fourth-order valence-corrected chi connectivity index (χ4v) is 1.73. The maximum absolute atomic E-state index is 4.43. The summed E-state index contributed by atoms with van der Waals surface area (Å²) in [6.07, 6.45) is 0. The zero-order chi connectivity index (χ0) is 9.30. The quantitative estimate of drug-likeness (QED) is 0.698. The Hall–Kier alpha value is -0.830. The van der Waals surface area contributed by atoms with Crippen LogP contribution in [0.5, 0.6) is 0 Å². The molecule has 3 heteroatoms. The summed E-state index contributed by atoms with van der Waals surface area (Å²) in [5.41, 5.74) is 7.71. The van der Waals surface area contributed by atoms with Gasteiger partial charge in [-0.15, -0.1) is 0 Å². The van der Waals surface area contributed by atoms with Gasteiger partial charge in [0.1, 0.15) is 6.04 Å². The van der Waals surface area contributed by atoms with E-state index in [-0.39, 0.29) is 0 Å². The molecular weight excluding hydrogens is 150 g/mol. The predicted octanol–water partition coefficient (Wildman–Crippen LogP) is 0.823. The van der Waals surface area contributed by atoms with Crippen LogP contribution in [0.4, 0.5) is 0 Å². The normalized spacial score (nSPS) is 13.4. The Morgan fingerprint density at radius 3 is 2.33 bits per heavy atom. The largest absolute Gasteiger partial charge is 0.351 e. The lowest BCUT2D eigenvalue weighted by Gasteiger charge is -2.02. The van der Waals surface area contributed by atoms with Crippen LogP contribution >= 0.6 is 0 Å². The number of quaternary nitrogens is 1.